The Morgan fingerprint density at radius 1 is 1.09 bits per heavy atom. The van der Waals surface area contributed by atoms with E-state index in [4.69, 9.17) is 10.5 Å². The lowest BCUT2D eigenvalue weighted by molar-refractivity contribution is 0.466. The molecule has 0 aliphatic rings. The minimum Gasteiger partial charge on any atom is -0.457 e. The zero-order chi connectivity index (χ0) is 16.1. The van der Waals surface area contributed by atoms with Crippen LogP contribution in [0, 0.1) is 6.92 Å². The van der Waals surface area contributed by atoms with Crippen molar-refractivity contribution in [2.75, 3.05) is 5.73 Å². The second-order valence-corrected chi connectivity index (χ2v) is 5.48. The fourth-order valence-corrected chi connectivity index (χ4v) is 2.23. The standard InChI is InChI=1S/C20H23NO/c1-5-15(3)20(18-10-7-11-19(21)13-18)22-16(4)17-9-6-8-14(2)12-17/h6-13H,4-5,21H2,1-3H3/b20-15+. The Bertz CT molecular complexity index is 713. The second kappa shape index (κ2) is 6.99. The summed E-state index contributed by atoms with van der Waals surface area (Å²) in [7, 11) is 0. The highest BCUT2D eigenvalue weighted by Crippen LogP contribution is 2.29. The molecular weight excluding hydrogens is 270 g/mol. The van der Waals surface area contributed by atoms with Crippen molar-refractivity contribution < 1.29 is 4.74 Å². The molecular formula is C20H23NO. The van der Waals surface area contributed by atoms with Gasteiger partial charge in [-0.15, -0.1) is 0 Å². The summed E-state index contributed by atoms with van der Waals surface area (Å²) in [6, 6.07) is 15.9. The highest BCUT2D eigenvalue weighted by molar-refractivity contribution is 5.72. The third kappa shape index (κ3) is 3.79. The molecule has 0 spiro atoms. The van der Waals surface area contributed by atoms with E-state index >= 15 is 0 Å². The monoisotopic (exact) mass is 293 g/mol. The predicted octanol–water partition coefficient (Wildman–Crippen LogP) is 5.41. The van der Waals surface area contributed by atoms with Crippen molar-refractivity contribution in [1.82, 2.24) is 0 Å². The van der Waals surface area contributed by atoms with Gasteiger partial charge in [-0.05, 0) is 44.0 Å². The normalized spacial score (nSPS) is 11.8. The van der Waals surface area contributed by atoms with Gasteiger partial charge in [0.2, 0.25) is 0 Å². The summed E-state index contributed by atoms with van der Waals surface area (Å²) in [6.45, 7) is 10.3. The van der Waals surface area contributed by atoms with E-state index in [9.17, 15) is 0 Å². The summed E-state index contributed by atoms with van der Waals surface area (Å²) in [5.41, 5.74) is 10.9. The summed E-state index contributed by atoms with van der Waals surface area (Å²) in [5.74, 6) is 1.48. The summed E-state index contributed by atoms with van der Waals surface area (Å²) in [5, 5.41) is 0. The van der Waals surface area contributed by atoms with E-state index in [1.807, 2.05) is 36.4 Å². The van der Waals surface area contributed by atoms with E-state index in [0.29, 0.717) is 5.76 Å². The molecule has 0 aromatic heterocycles. The highest BCUT2D eigenvalue weighted by atomic mass is 16.5. The third-order valence-corrected chi connectivity index (χ3v) is 3.63. The van der Waals surface area contributed by atoms with Gasteiger partial charge in [0.05, 0.1) is 0 Å². The van der Waals surface area contributed by atoms with Crippen molar-refractivity contribution in [2.45, 2.75) is 27.2 Å². The van der Waals surface area contributed by atoms with E-state index in [-0.39, 0.29) is 0 Å². The number of ether oxygens (including phenoxy) is 1. The van der Waals surface area contributed by atoms with E-state index in [0.717, 1.165) is 29.0 Å². The first-order valence-corrected chi connectivity index (χ1v) is 7.50. The zero-order valence-corrected chi connectivity index (χ0v) is 13.5. The van der Waals surface area contributed by atoms with Crippen LogP contribution in [0.2, 0.25) is 0 Å². The summed E-state index contributed by atoms with van der Waals surface area (Å²) in [6.07, 6.45) is 0.908. The van der Waals surface area contributed by atoms with Crippen LogP contribution in [0.15, 0.2) is 60.7 Å². The van der Waals surface area contributed by atoms with Gasteiger partial charge < -0.3 is 10.5 Å². The molecule has 0 atom stereocenters. The van der Waals surface area contributed by atoms with Crippen LogP contribution in [0.25, 0.3) is 11.5 Å². The minimum atomic E-state index is 0.647. The lowest BCUT2D eigenvalue weighted by Gasteiger charge is -2.16. The molecule has 2 aromatic carbocycles. The molecule has 0 heterocycles. The van der Waals surface area contributed by atoms with Crippen molar-refractivity contribution in [3.63, 3.8) is 0 Å². The van der Waals surface area contributed by atoms with Crippen LogP contribution in [-0.2, 0) is 4.74 Å². The van der Waals surface area contributed by atoms with Gasteiger partial charge in [0, 0.05) is 16.8 Å². The predicted molar refractivity (Wildman–Crippen MR) is 95.0 cm³/mol. The Kier molecular flexibility index (Phi) is 5.05. The molecule has 0 aliphatic heterocycles. The average molecular weight is 293 g/mol. The molecule has 0 saturated carbocycles. The number of nitrogens with two attached hydrogens (primary N) is 1. The van der Waals surface area contributed by atoms with Gasteiger partial charge in [-0.3, -0.25) is 0 Å². The SMILES string of the molecule is C=C(O/C(=C(\C)CC)c1cccc(N)c1)c1cccc(C)c1. The summed E-state index contributed by atoms with van der Waals surface area (Å²) in [4.78, 5) is 0. The Hall–Kier alpha value is -2.48. The molecule has 0 bridgehead atoms. The van der Waals surface area contributed by atoms with Crippen LogP contribution in [0.1, 0.15) is 37.0 Å². The van der Waals surface area contributed by atoms with Gasteiger partial charge in [0.15, 0.2) is 0 Å². The van der Waals surface area contributed by atoms with Crippen LogP contribution in [0.4, 0.5) is 5.69 Å². The smallest absolute Gasteiger partial charge is 0.133 e. The largest absolute Gasteiger partial charge is 0.457 e. The molecule has 2 aromatic rings. The molecule has 22 heavy (non-hydrogen) atoms. The first-order valence-electron chi connectivity index (χ1n) is 7.50. The average Bonchev–Trinajstić information content (AvgIpc) is 2.51. The quantitative estimate of drug-likeness (QED) is 0.591. The molecule has 0 saturated heterocycles. The van der Waals surface area contributed by atoms with Crippen LogP contribution < -0.4 is 5.73 Å². The lowest BCUT2D eigenvalue weighted by atomic mass is 10.1. The molecule has 2 heteroatoms. The van der Waals surface area contributed by atoms with E-state index in [2.05, 4.69) is 39.5 Å². The number of allylic oxidation sites excluding steroid dienone is 1. The Balaban J connectivity index is 2.35. The van der Waals surface area contributed by atoms with Gasteiger partial charge in [0.1, 0.15) is 11.5 Å². The minimum absolute atomic E-state index is 0.647. The number of hydrogen-bond acceptors (Lipinski definition) is 2. The van der Waals surface area contributed by atoms with Crippen LogP contribution in [0.3, 0.4) is 0 Å². The molecule has 114 valence electrons. The van der Waals surface area contributed by atoms with Gasteiger partial charge in [0.25, 0.3) is 0 Å². The van der Waals surface area contributed by atoms with Gasteiger partial charge in [-0.2, -0.15) is 0 Å². The first kappa shape index (κ1) is 15.9. The maximum absolute atomic E-state index is 6.11. The molecule has 2 nitrogen and oxygen atoms in total. The van der Waals surface area contributed by atoms with Gasteiger partial charge in [-0.1, -0.05) is 49.4 Å². The maximum atomic E-state index is 6.11. The molecule has 0 amide bonds. The molecule has 0 unspecified atom stereocenters. The van der Waals surface area contributed by atoms with E-state index in [1.54, 1.807) is 0 Å². The number of rotatable bonds is 5. The number of anilines is 1. The summed E-state index contributed by atoms with van der Waals surface area (Å²) < 4.78 is 6.11. The van der Waals surface area contributed by atoms with Crippen molar-refractivity contribution in [3.05, 3.63) is 77.4 Å². The Morgan fingerprint density at radius 2 is 1.77 bits per heavy atom. The van der Waals surface area contributed by atoms with Gasteiger partial charge in [-0.25, -0.2) is 0 Å². The Morgan fingerprint density at radius 3 is 2.41 bits per heavy atom. The molecule has 2 N–H and O–H groups in total. The fourth-order valence-electron chi connectivity index (χ4n) is 2.23. The fraction of sp³-hybridized carbons (Fsp3) is 0.200. The van der Waals surface area contributed by atoms with E-state index < -0.39 is 0 Å². The number of nitrogen functional groups attached to an aromatic ring is 1. The van der Waals surface area contributed by atoms with Crippen LogP contribution >= 0.6 is 0 Å². The van der Waals surface area contributed by atoms with Crippen LogP contribution in [-0.4, -0.2) is 0 Å². The molecule has 0 aliphatic carbocycles. The van der Waals surface area contributed by atoms with Crippen molar-refractivity contribution >= 4 is 17.2 Å². The highest BCUT2D eigenvalue weighted by Gasteiger charge is 2.11. The van der Waals surface area contributed by atoms with Crippen molar-refractivity contribution in [2.24, 2.45) is 0 Å². The lowest BCUT2D eigenvalue weighted by Crippen LogP contribution is -1.97. The number of hydrogen-bond donors (Lipinski definition) is 1. The Labute approximate surface area is 132 Å². The second-order valence-electron chi connectivity index (χ2n) is 5.48. The summed E-state index contributed by atoms with van der Waals surface area (Å²) >= 11 is 0. The number of benzene rings is 2. The third-order valence-electron chi connectivity index (χ3n) is 3.63. The molecule has 0 fully saturated rings. The van der Waals surface area contributed by atoms with Crippen LogP contribution in [0.5, 0.6) is 0 Å². The zero-order valence-electron chi connectivity index (χ0n) is 13.5. The van der Waals surface area contributed by atoms with Gasteiger partial charge >= 0.3 is 0 Å². The molecule has 2 rings (SSSR count). The topological polar surface area (TPSA) is 35.2 Å². The first-order chi connectivity index (χ1) is 10.5. The van der Waals surface area contributed by atoms with Crippen molar-refractivity contribution in [1.29, 1.82) is 0 Å². The van der Waals surface area contributed by atoms with Crippen molar-refractivity contribution in [3.8, 4) is 0 Å². The number of aryl methyl sites for hydroxylation is 1. The van der Waals surface area contributed by atoms with E-state index in [1.165, 1.54) is 11.1 Å². The molecule has 0 radical (unpaired) electrons. The maximum Gasteiger partial charge on any atom is 0.133 e.